The van der Waals surface area contributed by atoms with Crippen molar-refractivity contribution in [2.45, 2.75) is 24.9 Å². The summed E-state index contributed by atoms with van der Waals surface area (Å²) >= 11 is 5.88. The van der Waals surface area contributed by atoms with Gasteiger partial charge >= 0.3 is 0 Å². The monoisotopic (exact) mass is 442 g/mol. The molecular formula is C23H23ClN2O3S. The van der Waals surface area contributed by atoms with Crippen LogP contribution in [0, 0.1) is 6.92 Å². The molecule has 0 aromatic heterocycles. The van der Waals surface area contributed by atoms with E-state index in [-0.39, 0.29) is 23.9 Å². The number of amides is 1. The van der Waals surface area contributed by atoms with E-state index >= 15 is 0 Å². The number of nitrogens with one attached hydrogen (secondary N) is 1. The van der Waals surface area contributed by atoms with E-state index in [4.69, 9.17) is 11.6 Å². The highest BCUT2D eigenvalue weighted by Crippen LogP contribution is 2.18. The van der Waals surface area contributed by atoms with Crippen molar-refractivity contribution in [2.24, 2.45) is 0 Å². The number of hydrogen-bond acceptors (Lipinski definition) is 3. The van der Waals surface area contributed by atoms with Gasteiger partial charge in [0, 0.05) is 18.1 Å². The van der Waals surface area contributed by atoms with Crippen LogP contribution in [-0.2, 0) is 27.9 Å². The van der Waals surface area contributed by atoms with Crippen molar-refractivity contribution < 1.29 is 13.2 Å². The van der Waals surface area contributed by atoms with Crippen molar-refractivity contribution in [1.82, 2.24) is 9.62 Å². The minimum Gasteiger partial charge on any atom is -0.351 e. The zero-order valence-electron chi connectivity index (χ0n) is 16.6. The number of sulfonamides is 1. The Bertz CT molecular complexity index is 1080. The van der Waals surface area contributed by atoms with Crippen LogP contribution in [0.15, 0.2) is 83.8 Å². The molecule has 0 aliphatic rings. The van der Waals surface area contributed by atoms with Crippen LogP contribution in [0.25, 0.3) is 0 Å². The van der Waals surface area contributed by atoms with Crippen LogP contribution >= 0.6 is 11.6 Å². The normalized spacial score (nSPS) is 11.4. The second-order valence-corrected chi connectivity index (χ2v) is 9.35. The molecule has 3 aromatic rings. The van der Waals surface area contributed by atoms with Crippen LogP contribution in [0.2, 0.25) is 5.02 Å². The van der Waals surface area contributed by atoms with Crippen LogP contribution in [-0.4, -0.2) is 25.2 Å². The largest absolute Gasteiger partial charge is 0.351 e. The number of halogens is 1. The molecule has 0 saturated carbocycles. The fourth-order valence-corrected chi connectivity index (χ4v) is 4.41. The standard InChI is InChI=1S/C23H23ClN2O3S/c1-18-7-9-20(10-8-18)16-26(30(28,29)22-5-3-2-4-6-22)17-23(27)25-15-19-11-13-21(24)14-12-19/h2-14H,15-17H2,1H3,(H,25,27). The lowest BCUT2D eigenvalue weighted by Crippen LogP contribution is -2.40. The lowest BCUT2D eigenvalue weighted by atomic mass is 10.1. The second-order valence-electron chi connectivity index (χ2n) is 6.97. The van der Waals surface area contributed by atoms with Crippen LogP contribution in [0.3, 0.4) is 0 Å². The van der Waals surface area contributed by atoms with Crippen molar-refractivity contribution in [1.29, 1.82) is 0 Å². The van der Waals surface area contributed by atoms with Gasteiger partial charge in [-0.25, -0.2) is 8.42 Å². The van der Waals surface area contributed by atoms with Crippen molar-refractivity contribution in [3.05, 3.63) is 101 Å². The van der Waals surface area contributed by atoms with Gasteiger partial charge in [0.05, 0.1) is 11.4 Å². The zero-order chi connectivity index (χ0) is 21.6. The third-order valence-corrected chi connectivity index (χ3v) is 6.64. The molecule has 156 valence electrons. The SMILES string of the molecule is Cc1ccc(CN(CC(=O)NCc2ccc(Cl)cc2)S(=O)(=O)c2ccccc2)cc1. The van der Waals surface area contributed by atoms with Gasteiger partial charge in [-0.3, -0.25) is 4.79 Å². The Kier molecular flexibility index (Phi) is 7.26. The van der Waals surface area contributed by atoms with Crippen LogP contribution in [0.4, 0.5) is 0 Å². The highest BCUT2D eigenvalue weighted by molar-refractivity contribution is 7.89. The number of carbonyl (C=O) groups excluding carboxylic acids is 1. The first-order valence-electron chi connectivity index (χ1n) is 9.46. The molecule has 0 spiro atoms. The molecule has 5 nitrogen and oxygen atoms in total. The first-order valence-corrected chi connectivity index (χ1v) is 11.3. The van der Waals surface area contributed by atoms with Crippen molar-refractivity contribution in [2.75, 3.05) is 6.54 Å². The van der Waals surface area contributed by atoms with Gasteiger partial charge in [-0.1, -0.05) is 71.8 Å². The molecule has 0 unspecified atom stereocenters. The maximum absolute atomic E-state index is 13.2. The predicted octanol–water partition coefficient (Wildman–Crippen LogP) is 4.16. The summed E-state index contributed by atoms with van der Waals surface area (Å²) in [5.41, 5.74) is 2.77. The van der Waals surface area contributed by atoms with Crippen molar-refractivity contribution >= 4 is 27.5 Å². The molecule has 0 bridgehead atoms. The van der Waals surface area contributed by atoms with Gasteiger partial charge in [0.2, 0.25) is 15.9 Å². The van der Waals surface area contributed by atoms with E-state index < -0.39 is 10.0 Å². The van der Waals surface area contributed by atoms with Crippen LogP contribution in [0.1, 0.15) is 16.7 Å². The quantitative estimate of drug-likeness (QED) is 0.569. The smallest absolute Gasteiger partial charge is 0.243 e. The van der Waals surface area contributed by atoms with Crippen LogP contribution in [0.5, 0.6) is 0 Å². The summed E-state index contributed by atoms with van der Waals surface area (Å²) in [7, 11) is -3.84. The second kappa shape index (κ2) is 9.89. The van der Waals surface area contributed by atoms with E-state index in [1.165, 1.54) is 16.4 Å². The lowest BCUT2D eigenvalue weighted by molar-refractivity contribution is -0.121. The fourth-order valence-electron chi connectivity index (χ4n) is 2.88. The maximum Gasteiger partial charge on any atom is 0.243 e. The summed E-state index contributed by atoms with van der Waals surface area (Å²) in [6, 6.07) is 22.8. The van der Waals surface area contributed by atoms with Gasteiger partial charge in [-0.15, -0.1) is 0 Å². The number of nitrogens with zero attached hydrogens (tertiary/aromatic N) is 1. The van der Waals surface area contributed by atoms with E-state index in [0.29, 0.717) is 11.6 Å². The Balaban J connectivity index is 1.77. The Morgan fingerprint density at radius 1 is 0.900 bits per heavy atom. The van der Waals surface area contributed by atoms with Crippen LogP contribution < -0.4 is 5.32 Å². The molecule has 0 radical (unpaired) electrons. The van der Waals surface area contributed by atoms with Crippen molar-refractivity contribution in [3.8, 4) is 0 Å². The van der Waals surface area contributed by atoms with Gasteiger partial charge in [0.15, 0.2) is 0 Å². The molecule has 0 atom stereocenters. The van der Waals surface area contributed by atoms with Crippen molar-refractivity contribution in [3.63, 3.8) is 0 Å². The lowest BCUT2D eigenvalue weighted by Gasteiger charge is -2.22. The van der Waals surface area contributed by atoms with Gasteiger partial charge in [0.25, 0.3) is 0 Å². The molecule has 0 heterocycles. The Morgan fingerprint density at radius 2 is 1.50 bits per heavy atom. The summed E-state index contributed by atoms with van der Waals surface area (Å²) in [5.74, 6) is -0.378. The molecule has 7 heteroatoms. The summed E-state index contributed by atoms with van der Waals surface area (Å²) in [6.07, 6.45) is 0. The number of aryl methyl sites for hydroxylation is 1. The van der Waals surface area contributed by atoms with E-state index in [1.807, 2.05) is 43.3 Å². The fraction of sp³-hybridized carbons (Fsp3) is 0.174. The Hall–Kier alpha value is -2.67. The Morgan fingerprint density at radius 3 is 2.13 bits per heavy atom. The average molecular weight is 443 g/mol. The molecule has 0 aliphatic carbocycles. The molecular weight excluding hydrogens is 420 g/mol. The maximum atomic E-state index is 13.2. The number of hydrogen-bond donors (Lipinski definition) is 1. The van der Waals surface area contributed by atoms with E-state index in [1.54, 1.807) is 30.3 Å². The van der Waals surface area contributed by atoms with Gasteiger partial charge in [-0.05, 0) is 42.3 Å². The summed E-state index contributed by atoms with van der Waals surface area (Å²) in [4.78, 5) is 12.7. The highest BCUT2D eigenvalue weighted by atomic mass is 35.5. The predicted molar refractivity (Wildman–Crippen MR) is 119 cm³/mol. The third kappa shape index (κ3) is 5.92. The van der Waals surface area contributed by atoms with E-state index in [2.05, 4.69) is 5.32 Å². The molecule has 3 rings (SSSR count). The van der Waals surface area contributed by atoms with Gasteiger partial charge < -0.3 is 5.32 Å². The molecule has 30 heavy (non-hydrogen) atoms. The van der Waals surface area contributed by atoms with Gasteiger partial charge in [0.1, 0.15) is 0 Å². The molecule has 3 aromatic carbocycles. The minimum absolute atomic E-state index is 0.103. The summed E-state index contributed by atoms with van der Waals surface area (Å²) < 4.78 is 27.6. The average Bonchev–Trinajstić information content (AvgIpc) is 2.75. The van der Waals surface area contributed by atoms with E-state index in [0.717, 1.165) is 16.7 Å². The topological polar surface area (TPSA) is 66.5 Å². The molecule has 1 N–H and O–H groups in total. The first kappa shape index (κ1) is 22.0. The van der Waals surface area contributed by atoms with Gasteiger partial charge in [-0.2, -0.15) is 4.31 Å². The highest BCUT2D eigenvalue weighted by Gasteiger charge is 2.26. The zero-order valence-corrected chi connectivity index (χ0v) is 18.2. The molecule has 0 fully saturated rings. The number of benzene rings is 3. The number of rotatable bonds is 8. The number of carbonyl (C=O) groups is 1. The van der Waals surface area contributed by atoms with E-state index in [9.17, 15) is 13.2 Å². The summed E-state index contributed by atoms with van der Waals surface area (Å²) in [6.45, 7) is 2.08. The third-order valence-electron chi connectivity index (χ3n) is 4.58. The Labute approximate surface area is 182 Å². The minimum atomic E-state index is -3.84. The first-order chi connectivity index (χ1) is 14.3. The molecule has 0 saturated heterocycles. The summed E-state index contributed by atoms with van der Waals surface area (Å²) in [5, 5.41) is 3.39. The molecule has 0 aliphatic heterocycles. The molecule has 1 amide bonds.